The number of H-pyrrole nitrogens is 1. The van der Waals surface area contributed by atoms with Crippen molar-refractivity contribution in [3.8, 4) is 11.5 Å². The van der Waals surface area contributed by atoms with Gasteiger partial charge in [-0.15, -0.1) is 10.2 Å². The fraction of sp³-hybridized carbons (Fsp3) is 0.200. The summed E-state index contributed by atoms with van der Waals surface area (Å²) in [4.78, 5) is 3.46. The van der Waals surface area contributed by atoms with Crippen molar-refractivity contribution >= 4 is 10.9 Å². The Bertz CT molecular complexity index is 1740. The average Bonchev–Trinajstić information content (AvgIpc) is 3.66. The lowest BCUT2D eigenvalue weighted by Gasteiger charge is -2.21. The molecule has 6 aromatic rings. The largest absolute Gasteiger partial charge is 0.497 e. The third-order valence-corrected chi connectivity index (χ3v) is 7.70. The van der Waals surface area contributed by atoms with Gasteiger partial charge in [-0.2, -0.15) is 0 Å². The fourth-order valence-corrected chi connectivity index (χ4v) is 5.46. The SMILES string of the molecule is COc1ccc(Cn2c(CCc3ccccc3)nnc2[C@H](NCc2ccccc2)c2c[nH]c3ccccc23)c(OC)c1. The number of methoxy groups -OCH3 is 2. The molecule has 0 unspecified atom stereocenters. The summed E-state index contributed by atoms with van der Waals surface area (Å²) in [6.45, 7) is 1.24. The van der Waals surface area contributed by atoms with E-state index in [1.807, 2.05) is 24.3 Å². The molecule has 0 aliphatic heterocycles. The lowest BCUT2D eigenvalue weighted by atomic mass is 10.0. The highest BCUT2D eigenvalue weighted by Gasteiger charge is 2.26. The first-order valence-electron chi connectivity index (χ1n) is 14.2. The number of hydrogen-bond acceptors (Lipinski definition) is 5. The number of benzene rings is 4. The fourth-order valence-electron chi connectivity index (χ4n) is 5.46. The Balaban J connectivity index is 1.43. The van der Waals surface area contributed by atoms with Crippen LogP contribution in [0.2, 0.25) is 0 Å². The van der Waals surface area contributed by atoms with E-state index in [2.05, 4.69) is 99.9 Å². The van der Waals surface area contributed by atoms with Gasteiger partial charge in [0.1, 0.15) is 17.3 Å². The number of para-hydroxylation sites is 1. The quantitative estimate of drug-likeness (QED) is 0.180. The number of nitrogens with one attached hydrogen (secondary N) is 2. The van der Waals surface area contributed by atoms with Gasteiger partial charge >= 0.3 is 0 Å². The van der Waals surface area contributed by atoms with E-state index in [-0.39, 0.29) is 6.04 Å². The highest BCUT2D eigenvalue weighted by Crippen LogP contribution is 2.31. The topological polar surface area (TPSA) is 77.0 Å². The van der Waals surface area contributed by atoms with E-state index >= 15 is 0 Å². The molecule has 0 saturated heterocycles. The van der Waals surface area contributed by atoms with Crippen molar-refractivity contribution in [2.75, 3.05) is 14.2 Å². The van der Waals surface area contributed by atoms with Gasteiger partial charge in [0.15, 0.2) is 5.82 Å². The van der Waals surface area contributed by atoms with Crippen LogP contribution in [0.5, 0.6) is 11.5 Å². The summed E-state index contributed by atoms with van der Waals surface area (Å²) in [6.07, 6.45) is 3.71. The first kappa shape index (κ1) is 27.3. The summed E-state index contributed by atoms with van der Waals surface area (Å²) in [5, 5.41) is 14.6. The normalized spacial score (nSPS) is 12.0. The lowest BCUT2D eigenvalue weighted by Crippen LogP contribution is -2.26. The number of aromatic amines is 1. The molecule has 7 heteroatoms. The molecule has 42 heavy (non-hydrogen) atoms. The third kappa shape index (κ3) is 5.92. The Morgan fingerprint density at radius 3 is 2.29 bits per heavy atom. The number of nitrogens with zero attached hydrogens (tertiary/aromatic N) is 3. The Labute approximate surface area is 246 Å². The maximum atomic E-state index is 5.79. The van der Waals surface area contributed by atoms with Crippen LogP contribution in [0.15, 0.2) is 109 Å². The Morgan fingerprint density at radius 2 is 1.52 bits per heavy atom. The number of ether oxygens (including phenoxy) is 2. The summed E-state index contributed by atoms with van der Waals surface area (Å²) >= 11 is 0. The van der Waals surface area contributed by atoms with Crippen LogP contribution < -0.4 is 14.8 Å². The van der Waals surface area contributed by atoms with Crippen LogP contribution in [0.4, 0.5) is 0 Å². The first-order valence-corrected chi connectivity index (χ1v) is 14.2. The van der Waals surface area contributed by atoms with Crippen molar-refractivity contribution < 1.29 is 9.47 Å². The summed E-state index contributed by atoms with van der Waals surface area (Å²) in [6, 6.07) is 35.1. The molecular formula is C35H35N5O2. The molecule has 212 valence electrons. The standard InChI is InChI=1S/C35H35N5O2/c1-41-28-19-18-27(32(21-28)42-2)24-40-33(20-17-25-11-5-3-6-12-25)38-39-35(40)34(37-22-26-13-7-4-8-14-26)30-23-36-31-16-10-9-15-29(30)31/h3-16,18-19,21,23,34,36-37H,17,20,22,24H2,1-2H3/t34-/m1/s1. The van der Waals surface area contributed by atoms with Crippen LogP contribution in [0, 0.1) is 0 Å². The molecule has 0 bridgehead atoms. The number of aromatic nitrogens is 4. The van der Waals surface area contributed by atoms with Crippen molar-refractivity contribution in [2.45, 2.75) is 32.0 Å². The van der Waals surface area contributed by atoms with E-state index in [0.29, 0.717) is 13.1 Å². The van der Waals surface area contributed by atoms with E-state index in [9.17, 15) is 0 Å². The number of fused-ring (bicyclic) bond motifs is 1. The minimum absolute atomic E-state index is 0.205. The van der Waals surface area contributed by atoms with E-state index in [4.69, 9.17) is 19.7 Å². The highest BCUT2D eigenvalue weighted by atomic mass is 16.5. The highest BCUT2D eigenvalue weighted by molar-refractivity contribution is 5.84. The second-order valence-corrected chi connectivity index (χ2v) is 10.3. The molecular weight excluding hydrogens is 522 g/mol. The maximum Gasteiger partial charge on any atom is 0.155 e. The Kier molecular flexibility index (Phi) is 8.28. The van der Waals surface area contributed by atoms with Gasteiger partial charge in [-0.25, -0.2) is 0 Å². The van der Waals surface area contributed by atoms with Gasteiger partial charge in [-0.05, 0) is 35.7 Å². The van der Waals surface area contributed by atoms with Gasteiger partial charge in [0.25, 0.3) is 0 Å². The molecule has 2 N–H and O–H groups in total. The van der Waals surface area contributed by atoms with E-state index in [1.165, 1.54) is 11.1 Å². The summed E-state index contributed by atoms with van der Waals surface area (Å²) in [5.41, 5.74) is 5.72. The van der Waals surface area contributed by atoms with Crippen molar-refractivity contribution in [1.29, 1.82) is 0 Å². The van der Waals surface area contributed by atoms with E-state index in [0.717, 1.165) is 58.0 Å². The predicted octanol–water partition coefficient (Wildman–Crippen LogP) is 6.49. The van der Waals surface area contributed by atoms with Crippen LogP contribution in [0.1, 0.15) is 39.9 Å². The Morgan fingerprint density at radius 1 is 0.786 bits per heavy atom. The summed E-state index contributed by atoms with van der Waals surface area (Å²) < 4.78 is 13.5. The minimum atomic E-state index is -0.205. The third-order valence-electron chi connectivity index (χ3n) is 7.70. The van der Waals surface area contributed by atoms with Gasteiger partial charge in [-0.1, -0.05) is 78.9 Å². The molecule has 0 amide bonds. The zero-order chi connectivity index (χ0) is 28.7. The number of rotatable bonds is 12. The van der Waals surface area contributed by atoms with Gasteiger partial charge in [-0.3, -0.25) is 5.32 Å². The predicted molar refractivity (Wildman–Crippen MR) is 166 cm³/mol. The van der Waals surface area contributed by atoms with Crippen molar-refractivity contribution in [1.82, 2.24) is 25.1 Å². The smallest absolute Gasteiger partial charge is 0.155 e. The monoisotopic (exact) mass is 557 g/mol. The summed E-state index contributed by atoms with van der Waals surface area (Å²) in [5.74, 6) is 3.31. The maximum absolute atomic E-state index is 5.79. The molecule has 6 rings (SSSR count). The summed E-state index contributed by atoms with van der Waals surface area (Å²) in [7, 11) is 3.36. The van der Waals surface area contributed by atoms with Crippen molar-refractivity contribution in [3.63, 3.8) is 0 Å². The molecule has 0 aliphatic carbocycles. The zero-order valence-corrected chi connectivity index (χ0v) is 24.0. The second kappa shape index (κ2) is 12.7. The molecule has 2 aromatic heterocycles. The van der Waals surface area contributed by atoms with E-state index in [1.54, 1.807) is 14.2 Å². The number of hydrogen-bond donors (Lipinski definition) is 2. The minimum Gasteiger partial charge on any atom is -0.497 e. The van der Waals surface area contributed by atoms with Crippen LogP contribution in [0.25, 0.3) is 10.9 Å². The molecule has 2 heterocycles. The van der Waals surface area contributed by atoms with Crippen molar-refractivity contribution in [2.24, 2.45) is 0 Å². The molecule has 0 radical (unpaired) electrons. The van der Waals surface area contributed by atoms with E-state index < -0.39 is 0 Å². The Hall–Kier alpha value is -4.88. The van der Waals surface area contributed by atoms with Crippen LogP contribution in [0.3, 0.4) is 0 Å². The molecule has 4 aromatic carbocycles. The molecule has 0 fully saturated rings. The van der Waals surface area contributed by atoms with Crippen LogP contribution >= 0.6 is 0 Å². The van der Waals surface area contributed by atoms with Gasteiger partial charge in [0.2, 0.25) is 0 Å². The zero-order valence-electron chi connectivity index (χ0n) is 24.0. The molecule has 0 aliphatic rings. The second-order valence-electron chi connectivity index (χ2n) is 10.3. The number of aryl methyl sites for hydroxylation is 2. The van der Waals surface area contributed by atoms with Gasteiger partial charge < -0.3 is 19.0 Å². The van der Waals surface area contributed by atoms with Crippen LogP contribution in [-0.4, -0.2) is 34.0 Å². The van der Waals surface area contributed by atoms with Gasteiger partial charge in [0, 0.05) is 47.3 Å². The van der Waals surface area contributed by atoms with Crippen LogP contribution in [-0.2, 0) is 25.9 Å². The van der Waals surface area contributed by atoms with Crippen molar-refractivity contribution in [3.05, 3.63) is 143 Å². The first-order chi connectivity index (χ1) is 20.7. The molecule has 7 nitrogen and oxygen atoms in total. The molecule has 1 atom stereocenters. The average molecular weight is 558 g/mol. The molecule has 0 spiro atoms. The van der Waals surface area contributed by atoms with Gasteiger partial charge in [0.05, 0.1) is 26.8 Å². The molecule has 0 saturated carbocycles. The lowest BCUT2D eigenvalue weighted by molar-refractivity contribution is 0.389.